The zero-order chi connectivity index (χ0) is 15.6. The van der Waals surface area contributed by atoms with Gasteiger partial charge in [-0.2, -0.15) is 0 Å². The smallest absolute Gasteiger partial charge is 0.335 e. The molecule has 0 unspecified atom stereocenters. The summed E-state index contributed by atoms with van der Waals surface area (Å²) in [5.41, 5.74) is 0.259. The Balaban J connectivity index is 2.29. The lowest BCUT2D eigenvalue weighted by molar-refractivity contribution is 0.0697. The zero-order valence-electron chi connectivity index (χ0n) is 10.4. The van der Waals surface area contributed by atoms with Crippen molar-refractivity contribution in [1.82, 2.24) is 0 Å². The van der Waals surface area contributed by atoms with Gasteiger partial charge in [0, 0.05) is 0 Å². The number of carbonyl (C=O) groups is 1. The van der Waals surface area contributed by atoms with Crippen LogP contribution < -0.4 is 4.72 Å². The first kappa shape index (κ1) is 15.6. The molecule has 0 bridgehead atoms. The normalized spacial score (nSPS) is 11.1. The molecule has 0 amide bonds. The minimum atomic E-state index is -3.83. The molecule has 0 saturated carbocycles. The summed E-state index contributed by atoms with van der Waals surface area (Å²) >= 11 is 11.6. The van der Waals surface area contributed by atoms with Gasteiger partial charge in [-0.15, -0.1) is 0 Å². The molecule has 5 nitrogen and oxygen atoms in total. The molecule has 0 aliphatic carbocycles. The highest BCUT2D eigenvalue weighted by Gasteiger charge is 2.15. The Hall–Kier alpha value is -1.76. The van der Waals surface area contributed by atoms with E-state index in [1.54, 1.807) is 0 Å². The Kier molecular flexibility index (Phi) is 4.41. The fourth-order valence-electron chi connectivity index (χ4n) is 1.55. The van der Waals surface area contributed by atoms with E-state index in [1.807, 2.05) is 0 Å². The van der Waals surface area contributed by atoms with E-state index in [2.05, 4.69) is 4.72 Å². The SMILES string of the molecule is O=C(O)c1ccc(S(=O)(=O)Nc2ccc(Cl)c(Cl)c2)cc1. The number of aromatic carboxylic acids is 1. The van der Waals surface area contributed by atoms with Crippen LogP contribution in [0.1, 0.15) is 10.4 Å². The van der Waals surface area contributed by atoms with Crippen LogP contribution in [-0.4, -0.2) is 19.5 Å². The second-order valence-electron chi connectivity index (χ2n) is 4.06. The number of benzene rings is 2. The monoisotopic (exact) mass is 345 g/mol. The average Bonchev–Trinajstić information content (AvgIpc) is 2.43. The molecule has 0 heterocycles. The van der Waals surface area contributed by atoms with Crippen LogP contribution in [0.15, 0.2) is 47.4 Å². The molecule has 0 saturated heterocycles. The van der Waals surface area contributed by atoms with Crippen molar-refractivity contribution in [3.05, 3.63) is 58.1 Å². The van der Waals surface area contributed by atoms with Gasteiger partial charge in [0.05, 0.1) is 26.2 Å². The maximum Gasteiger partial charge on any atom is 0.335 e. The molecule has 110 valence electrons. The number of nitrogens with one attached hydrogen (secondary N) is 1. The molecule has 0 atom stereocenters. The zero-order valence-corrected chi connectivity index (χ0v) is 12.7. The fraction of sp³-hybridized carbons (Fsp3) is 0. The van der Waals surface area contributed by atoms with E-state index in [9.17, 15) is 13.2 Å². The minimum absolute atomic E-state index is 0.00323. The Labute approximate surface area is 131 Å². The lowest BCUT2D eigenvalue weighted by Gasteiger charge is -2.09. The number of carboxylic acids is 1. The molecule has 0 spiro atoms. The number of rotatable bonds is 4. The standard InChI is InChI=1S/C13H9Cl2NO4S/c14-11-6-3-9(7-12(11)15)16-21(19,20)10-4-1-8(2-5-10)13(17)18/h1-7,16H,(H,17,18). The van der Waals surface area contributed by atoms with E-state index in [0.717, 1.165) is 0 Å². The quantitative estimate of drug-likeness (QED) is 0.888. The lowest BCUT2D eigenvalue weighted by Crippen LogP contribution is -2.13. The van der Waals surface area contributed by atoms with Crippen molar-refractivity contribution in [1.29, 1.82) is 0 Å². The number of halogens is 2. The van der Waals surface area contributed by atoms with Crippen LogP contribution in [0.4, 0.5) is 5.69 Å². The van der Waals surface area contributed by atoms with Crippen LogP contribution in [-0.2, 0) is 10.0 Å². The third-order valence-electron chi connectivity index (χ3n) is 2.58. The fourth-order valence-corrected chi connectivity index (χ4v) is 2.90. The number of hydrogen-bond donors (Lipinski definition) is 2. The first-order chi connectivity index (χ1) is 9.79. The second kappa shape index (κ2) is 5.93. The van der Waals surface area contributed by atoms with Gasteiger partial charge in [0.25, 0.3) is 10.0 Å². The molecule has 0 aromatic heterocycles. The van der Waals surface area contributed by atoms with Gasteiger partial charge in [-0.1, -0.05) is 23.2 Å². The Morgan fingerprint density at radius 1 is 1.00 bits per heavy atom. The summed E-state index contributed by atoms with van der Waals surface area (Å²) < 4.78 is 26.6. The van der Waals surface area contributed by atoms with Gasteiger partial charge in [0.2, 0.25) is 0 Å². The molecule has 2 aromatic carbocycles. The maximum absolute atomic E-state index is 12.1. The molecular weight excluding hydrogens is 337 g/mol. The van der Waals surface area contributed by atoms with Crippen molar-refractivity contribution in [3.8, 4) is 0 Å². The number of anilines is 1. The molecule has 2 rings (SSSR count). The Morgan fingerprint density at radius 2 is 1.62 bits per heavy atom. The van der Waals surface area contributed by atoms with Crippen molar-refractivity contribution >= 4 is 44.9 Å². The second-order valence-corrected chi connectivity index (χ2v) is 6.56. The highest BCUT2D eigenvalue weighted by atomic mass is 35.5. The van der Waals surface area contributed by atoms with Crippen LogP contribution in [0, 0.1) is 0 Å². The van der Waals surface area contributed by atoms with Crippen molar-refractivity contribution in [2.45, 2.75) is 4.90 Å². The summed E-state index contributed by atoms with van der Waals surface area (Å²) in [4.78, 5) is 10.7. The van der Waals surface area contributed by atoms with Gasteiger partial charge in [0.1, 0.15) is 0 Å². The maximum atomic E-state index is 12.1. The topological polar surface area (TPSA) is 83.5 Å². The summed E-state index contributed by atoms with van der Waals surface area (Å²) in [7, 11) is -3.83. The van der Waals surface area contributed by atoms with Crippen LogP contribution in [0.2, 0.25) is 10.0 Å². The number of carboxylic acid groups (broad SMARTS) is 1. The van der Waals surface area contributed by atoms with Crippen LogP contribution in [0.25, 0.3) is 0 Å². The van der Waals surface area contributed by atoms with Gasteiger partial charge < -0.3 is 5.11 Å². The molecular formula is C13H9Cl2NO4S. The average molecular weight is 346 g/mol. The van der Waals surface area contributed by atoms with E-state index < -0.39 is 16.0 Å². The molecule has 2 aromatic rings. The van der Waals surface area contributed by atoms with Crippen molar-refractivity contribution < 1.29 is 18.3 Å². The molecule has 0 fully saturated rings. The molecule has 0 aliphatic rings. The van der Waals surface area contributed by atoms with Gasteiger partial charge in [0.15, 0.2) is 0 Å². The third kappa shape index (κ3) is 3.66. The van der Waals surface area contributed by atoms with E-state index in [-0.39, 0.29) is 21.2 Å². The predicted molar refractivity (Wildman–Crippen MR) is 80.7 cm³/mol. The number of sulfonamides is 1. The van der Waals surface area contributed by atoms with E-state index in [4.69, 9.17) is 28.3 Å². The minimum Gasteiger partial charge on any atom is -0.478 e. The Morgan fingerprint density at radius 3 is 2.14 bits per heavy atom. The molecule has 2 N–H and O–H groups in total. The van der Waals surface area contributed by atoms with Crippen molar-refractivity contribution in [2.24, 2.45) is 0 Å². The predicted octanol–water partition coefficient (Wildman–Crippen LogP) is 3.49. The highest BCUT2D eigenvalue weighted by Crippen LogP contribution is 2.26. The molecule has 0 radical (unpaired) electrons. The van der Waals surface area contributed by atoms with Gasteiger partial charge >= 0.3 is 5.97 Å². The van der Waals surface area contributed by atoms with Crippen molar-refractivity contribution in [3.63, 3.8) is 0 Å². The largest absolute Gasteiger partial charge is 0.478 e. The van der Waals surface area contributed by atoms with Crippen molar-refractivity contribution in [2.75, 3.05) is 4.72 Å². The van der Waals surface area contributed by atoms with Gasteiger partial charge in [-0.3, -0.25) is 4.72 Å². The summed E-state index contributed by atoms with van der Waals surface area (Å²) in [5.74, 6) is -1.13. The van der Waals surface area contributed by atoms with Crippen LogP contribution in [0.3, 0.4) is 0 Å². The molecule has 8 heteroatoms. The lowest BCUT2D eigenvalue weighted by atomic mass is 10.2. The Bertz CT molecular complexity index is 788. The first-order valence-electron chi connectivity index (χ1n) is 5.61. The third-order valence-corrected chi connectivity index (χ3v) is 4.72. The van der Waals surface area contributed by atoms with Crippen LogP contribution >= 0.6 is 23.2 Å². The number of hydrogen-bond acceptors (Lipinski definition) is 3. The molecule has 21 heavy (non-hydrogen) atoms. The first-order valence-corrected chi connectivity index (χ1v) is 7.85. The summed E-state index contributed by atoms with van der Waals surface area (Å²) in [5, 5.41) is 9.31. The van der Waals surface area contributed by atoms with E-state index in [1.165, 1.54) is 42.5 Å². The van der Waals surface area contributed by atoms with E-state index >= 15 is 0 Å². The highest BCUT2D eigenvalue weighted by molar-refractivity contribution is 7.92. The molecule has 0 aliphatic heterocycles. The van der Waals surface area contributed by atoms with Crippen LogP contribution in [0.5, 0.6) is 0 Å². The summed E-state index contributed by atoms with van der Waals surface area (Å²) in [6.45, 7) is 0. The van der Waals surface area contributed by atoms with Gasteiger partial charge in [-0.25, -0.2) is 13.2 Å². The summed E-state index contributed by atoms with van der Waals surface area (Å²) in [6.07, 6.45) is 0. The van der Waals surface area contributed by atoms with Gasteiger partial charge in [-0.05, 0) is 42.5 Å². The van der Waals surface area contributed by atoms with E-state index in [0.29, 0.717) is 5.02 Å². The summed E-state index contributed by atoms with van der Waals surface area (Å²) in [6, 6.07) is 9.17.